The number of carboxylic acid groups (broad SMARTS) is 1. The smallest absolute Gasteiger partial charge is 0.323 e. The summed E-state index contributed by atoms with van der Waals surface area (Å²) in [4.78, 5) is 21.7. The van der Waals surface area contributed by atoms with Crippen molar-refractivity contribution in [2.24, 2.45) is 11.5 Å². The van der Waals surface area contributed by atoms with Gasteiger partial charge in [-0.25, -0.2) is 0 Å². The minimum Gasteiger partial charge on any atom is -0.480 e. The lowest BCUT2D eigenvalue weighted by Gasteiger charge is -2.10. The molecule has 0 aliphatic heterocycles. The van der Waals surface area contributed by atoms with Gasteiger partial charge in [0, 0.05) is 11.5 Å². The van der Waals surface area contributed by atoms with Crippen LogP contribution in [0.4, 0.5) is 0 Å². The quantitative estimate of drug-likeness (QED) is 0.309. The Morgan fingerprint density at radius 3 is 2.24 bits per heavy atom. The van der Waals surface area contributed by atoms with E-state index >= 15 is 0 Å². The lowest BCUT2D eigenvalue weighted by atomic mass is 10.4. The van der Waals surface area contributed by atoms with Crippen LogP contribution in [-0.4, -0.2) is 47.2 Å². The highest BCUT2D eigenvalue weighted by Gasteiger charge is 2.16. The summed E-state index contributed by atoms with van der Waals surface area (Å²) < 4.78 is 4.86. The minimum absolute atomic E-state index is 0.275. The van der Waals surface area contributed by atoms with Crippen LogP contribution in [0.15, 0.2) is 0 Å². The molecular weight excluding hydrogens is 264 g/mol. The molecule has 0 heterocycles. The van der Waals surface area contributed by atoms with Crippen molar-refractivity contribution >= 4 is 33.5 Å². The molecule has 5 N–H and O–H groups in total. The molecule has 0 bridgehead atoms. The van der Waals surface area contributed by atoms with E-state index in [0.717, 1.165) is 6.42 Å². The number of aliphatic carboxylic acids is 1. The van der Waals surface area contributed by atoms with Gasteiger partial charge in [0.15, 0.2) is 0 Å². The second kappa shape index (κ2) is 9.58. The van der Waals surface area contributed by atoms with Crippen molar-refractivity contribution in [1.29, 1.82) is 0 Å². The van der Waals surface area contributed by atoms with E-state index in [0.29, 0.717) is 12.4 Å². The van der Waals surface area contributed by atoms with Crippen LogP contribution in [-0.2, 0) is 14.3 Å². The van der Waals surface area contributed by atoms with Crippen molar-refractivity contribution in [3.8, 4) is 0 Å². The number of carbonyl (C=O) groups is 2. The molecule has 0 aromatic rings. The number of ether oxygens (including phenoxy) is 1. The van der Waals surface area contributed by atoms with Gasteiger partial charge < -0.3 is 21.3 Å². The third-order valence-electron chi connectivity index (χ3n) is 1.65. The summed E-state index contributed by atoms with van der Waals surface area (Å²) in [6.45, 7) is 2.27. The van der Waals surface area contributed by atoms with Crippen molar-refractivity contribution in [3.05, 3.63) is 0 Å². The normalized spacial score (nSPS) is 14.1. The molecule has 0 fully saturated rings. The lowest BCUT2D eigenvalue weighted by Crippen LogP contribution is -2.35. The zero-order valence-corrected chi connectivity index (χ0v) is 11.3. The molecule has 6 nitrogen and oxygen atoms in total. The van der Waals surface area contributed by atoms with Crippen LogP contribution < -0.4 is 11.5 Å². The van der Waals surface area contributed by atoms with Crippen molar-refractivity contribution in [2.45, 2.75) is 25.4 Å². The molecule has 1 unspecified atom stereocenters. The Hall–Kier alpha value is -0.440. The number of carboxylic acids is 1. The van der Waals surface area contributed by atoms with Gasteiger partial charge in [0.05, 0.1) is 6.61 Å². The van der Waals surface area contributed by atoms with Crippen LogP contribution in [0, 0.1) is 0 Å². The van der Waals surface area contributed by atoms with Crippen LogP contribution in [0.1, 0.15) is 13.3 Å². The number of nitrogens with two attached hydrogens (primary N) is 2. The molecule has 0 saturated heterocycles. The second-order valence-electron chi connectivity index (χ2n) is 3.29. The Morgan fingerprint density at radius 1 is 1.24 bits per heavy atom. The summed E-state index contributed by atoms with van der Waals surface area (Å²) in [7, 11) is 2.60. The van der Waals surface area contributed by atoms with Gasteiger partial charge >= 0.3 is 11.9 Å². The van der Waals surface area contributed by atoms with E-state index in [4.69, 9.17) is 21.3 Å². The van der Waals surface area contributed by atoms with Crippen LogP contribution in [0.3, 0.4) is 0 Å². The Kier molecular flexibility index (Phi) is 9.33. The number of rotatable bonds is 9. The van der Waals surface area contributed by atoms with Crippen molar-refractivity contribution < 1.29 is 19.4 Å². The summed E-state index contributed by atoms with van der Waals surface area (Å²) in [5.74, 6) is -0.816. The average molecular weight is 282 g/mol. The van der Waals surface area contributed by atoms with E-state index < -0.39 is 24.0 Å². The van der Waals surface area contributed by atoms with E-state index in [9.17, 15) is 9.59 Å². The fraction of sp³-hybridized carbons (Fsp3) is 0.778. The van der Waals surface area contributed by atoms with Gasteiger partial charge in [0.2, 0.25) is 0 Å². The second-order valence-corrected chi connectivity index (χ2v) is 5.84. The minimum atomic E-state index is -1.04. The van der Waals surface area contributed by atoms with Crippen LogP contribution in [0.25, 0.3) is 0 Å². The molecule has 0 aliphatic rings. The first kappa shape index (κ1) is 16.6. The summed E-state index contributed by atoms with van der Waals surface area (Å²) >= 11 is 0. The molecule has 0 saturated carbocycles. The highest BCUT2D eigenvalue weighted by Crippen LogP contribution is 2.22. The molecule has 2 atom stereocenters. The topological polar surface area (TPSA) is 116 Å². The third kappa shape index (κ3) is 8.31. The SMILES string of the molecule is CCCOC(=O)[C@H](N)CSSCC(N)C(=O)O. The number of hydrogen-bond donors (Lipinski definition) is 3. The Labute approximate surface area is 108 Å². The lowest BCUT2D eigenvalue weighted by molar-refractivity contribution is -0.144. The molecule has 0 aromatic heterocycles. The molecule has 0 radical (unpaired) electrons. The number of carbonyl (C=O) groups excluding carboxylic acids is 1. The number of hydrogen-bond acceptors (Lipinski definition) is 7. The predicted octanol–water partition coefficient (Wildman–Crippen LogP) is 0.0602. The first-order valence-electron chi connectivity index (χ1n) is 5.14. The molecule has 0 aliphatic carbocycles. The van der Waals surface area contributed by atoms with Gasteiger partial charge in [-0.2, -0.15) is 0 Å². The molecule has 0 spiro atoms. The van der Waals surface area contributed by atoms with E-state index in [1.165, 1.54) is 21.6 Å². The maximum absolute atomic E-state index is 11.2. The maximum Gasteiger partial charge on any atom is 0.323 e. The summed E-state index contributed by atoms with van der Waals surface area (Å²) in [5, 5.41) is 8.53. The van der Waals surface area contributed by atoms with Gasteiger partial charge in [-0.1, -0.05) is 28.5 Å². The number of esters is 1. The maximum atomic E-state index is 11.2. The first-order chi connectivity index (χ1) is 7.99. The van der Waals surface area contributed by atoms with E-state index in [-0.39, 0.29) is 5.75 Å². The molecule has 8 heteroatoms. The molecule has 0 amide bonds. The molecule has 100 valence electrons. The first-order valence-corrected chi connectivity index (χ1v) is 7.62. The van der Waals surface area contributed by atoms with E-state index in [2.05, 4.69) is 0 Å². The van der Waals surface area contributed by atoms with Gasteiger partial charge in [0.25, 0.3) is 0 Å². The zero-order chi connectivity index (χ0) is 13.3. The van der Waals surface area contributed by atoms with Crippen molar-refractivity contribution in [1.82, 2.24) is 0 Å². The summed E-state index contributed by atoms with van der Waals surface area (Å²) in [6.07, 6.45) is 0.758. The Balaban J connectivity index is 3.60. The largest absolute Gasteiger partial charge is 0.480 e. The van der Waals surface area contributed by atoms with Gasteiger partial charge in [-0.05, 0) is 6.42 Å². The third-order valence-corrected chi connectivity index (χ3v) is 4.12. The zero-order valence-electron chi connectivity index (χ0n) is 9.63. The van der Waals surface area contributed by atoms with Gasteiger partial charge in [-0.3, -0.25) is 9.59 Å². The molecular formula is C9H18N2O4S2. The fourth-order valence-electron chi connectivity index (χ4n) is 0.692. The van der Waals surface area contributed by atoms with Gasteiger partial charge in [-0.15, -0.1) is 0 Å². The van der Waals surface area contributed by atoms with Crippen LogP contribution in [0.2, 0.25) is 0 Å². The molecule has 17 heavy (non-hydrogen) atoms. The van der Waals surface area contributed by atoms with Crippen LogP contribution in [0.5, 0.6) is 0 Å². The molecule has 0 rings (SSSR count). The summed E-state index contributed by atoms with van der Waals surface area (Å²) in [5.41, 5.74) is 10.9. The highest BCUT2D eigenvalue weighted by molar-refractivity contribution is 8.76. The Morgan fingerprint density at radius 2 is 1.76 bits per heavy atom. The van der Waals surface area contributed by atoms with Crippen molar-refractivity contribution in [3.63, 3.8) is 0 Å². The van der Waals surface area contributed by atoms with Crippen molar-refractivity contribution in [2.75, 3.05) is 18.1 Å². The molecule has 0 aromatic carbocycles. The highest BCUT2D eigenvalue weighted by atomic mass is 33.1. The monoisotopic (exact) mass is 282 g/mol. The fourth-order valence-corrected chi connectivity index (χ4v) is 2.91. The standard InChI is InChI=1S/C9H18N2O4S2/c1-2-3-15-9(14)7(11)5-17-16-4-6(10)8(12)13/h6-7H,2-5,10-11H2,1H3,(H,12,13)/t6?,7-/m1/s1. The average Bonchev–Trinajstić information content (AvgIpc) is 2.30. The van der Waals surface area contributed by atoms with E-state index in [1.54, 1.807) is 0 Å². The van der Waals surface area contributed by atoms with Crippen LogP contribution >= 0.6 is 21.6 Å². The van der Waals surface area contributed by atoms with Gasteiger partial charge in [0.1, 0.15) is 12.1 Å². The van der Waals surface area contributed by atoms with E-state index in [1.807, 2.05) is 6.92 Å². The Bertz CT molecular complexity index is 253. The summed E-state index contributed by atoms with van der Waals surface area (Å²) in [6, 6.07) is -1.57. The predicted molar refractivity (Wildman–Crippen MR) is 69.8 cm³/mol.